The van der Waals surface area contributed by atoms with E-state index in [-0.39, 0.29) is 0 Å². The van der Waals surface area contributed by atoms with Gasteiger partial charge in [-0.1, -0.05) is 6.07 Å². The van der Waals surface area contributed by atoms with Crippen molar-refractivity contribution in [1.82, 2.24) is 9.97 Å². The van der Waals surface area contributed by atoms with Gasteiger partial charge in [0.05, 0.1) is 0 Å². The van der Waals surface area contributed by atoms with E-state index in [9.17, 15) is 0 Å². The Morgan fingerprint density at radius 1 is 0.750 bits per heavy atom. The minimum absolute atomic E-state index is 0.830. The molecule has 0 aliphatic rings. The maximum atomic E-state index is 3.48. The van der Waals surface area contributed by atoms with Gasteiger partial charge in [0, 0.05) is 41.0 Å². The first-order valence-corrected chi connectivity index (χ1v) is 6.75. The van der Waals surface area contributed by atoms with Crippen molar-refractivity contribution in [2.24, 2.45) is 0 Å². The van der Waals surface area contributed by atoms with Gasteiger partial charge >= 0.3 is 0 Å². The Kier molecular flexibility index (Phi) is 2.49. The molecule has 0 fully saturated rings. The molecule has 0 atom stereocenters. The lowest BCUT2D eigenvalue weighted by atomic mass is 10.1. The second-order valence-electron chi connectivity index (χ2n) is 5.03. The van der Waals surface area contributed by atoms with Gasteiger partial charge < -0.3 is 15.3 Å². The molecule has 0 bridgehead atoms. The molecule has 4 aromatic rings. The predicted molar refractivity (Wildman–Crippen MR) is 83.9 cm³/mol. The lowest BCUT2D eigenvalue weighted by molar-refractivity contribution is 1.16. The summed E-state index contributed by atoms with van der Waals surface area (Å²) in [5.74, 6) is 0. The molecule has 0 aliphatic carbocycles. The average molecular weight is 261 g/mol. The molecule has 3 nitrogen and oxygen atoms in total. The second-order valence-corrected chi connectivity index (χ2v) is 5.03. The molecule has 3 N–H and O–H groups in total. The lowest BCUT2D eigenvalue weighted by Gasteiger charge is -2.07. The largest absolute Gasteiger partial charge is 0.381 e. The quantitative estimate of drug-likeness (QED) is 0.507. The maximum Gasteiger partial charge on any atom is 0.0455 e. The highest BCUT2D eigenvalue weighted by Gasteiger charge is 1.99. The Morgan fingerprint density at radius 3 is 2.25 bits per heavy atom. The Hall–Kier alpha value is -2.68. The molecule has 0 saturated carbocycles. The van der Waals surface area contributed by atoms with Crippen LogP contribution in [0.3, 0.4) is 0 Å². The van der Waals surface area contributed by atoms with Crippen LogP contribution in [0.25, 0.3) is 21.8 Å². The van der Waals surface area contributed by atoms with Gasteiger partial charge in [0.1, 0.15) is 0 Å². The van der Waals surface area contributed by atoms with Crippen LogP contribution in [0.4, 0.5) is 5.69 Å². The summed E-state index contributed by atoms with van der Waals surface area (Å²) >= 11 is 0. The van der Waals surface area contributed by atoms with E-state index in [0.29, 0.717) is 0 Å². The lowest BCUT2D eigenvalue weighted by Crippen LogP contribution is -1.98. The van der Waals surface area contributed by atoms with Crippen LogP contribution in [0.5, 0.6) is 0 Å². The zero-order valence-electron chi connectivity index (χ0n) is 11.0. The molecular formula is C17H15N3. The summed E-state index contributed by atoms with van der Waals surface area (Å²) in [7, 11) is 0. The first-order chi connectivity index (χ1) is 9.88. The molecule has 0 amide bonds. The summed E-state index contributed by atoms with van der Waals surface area (Å²) in [6.45, 7) is 0.830. The van der Waals surface area contributed by atoms with Crippen LogP contribution < -0.4 is 5.32 Å². The molecule has 4 rings (SSSR count). The smallest absolute Gasteiger partial charge is 0.0455 e. The first kappa shape index (κ1) is 11.2. The Balaban J connectivity index is 1.56. The number of hydrogen-bond acceptors (Lipinski definition) is 1. The fourth-order valence-electron chi connectivity index (χ4n) is 2.58. The number of aromatic amines is 2. The van der Waals surface area contributed by atoms with Crippen molar-refractivity contribution in [2.45, 2.75) is 6.54 Å². The molecule has 2 aromatic heterocycles. The normalized spacial score (nSPS) is 11.2. The Labute approximate surface area is 116 Å². The molecule has 0 saturated heterocycles. The van der Waals surface area contributed by atoms with Crippen LogP contribution in [0.15, 0.2) is 60.9 Å². The molecule has 2 heterocycles. The SMILES string of the molecule is c1cc2cc(CNc3ccc4[nH]ccc4c3)ccc2[nH]1. The number of nitrogens with one attached hydrogen (secondary N) is 3. The van der Waals surface area contributed by atoms with Gasteiger partial charge in [0.25, 0.3) is 0 Å². The van der Waals surface area contributed by atoms with Gasteiger partial charge in [0.2, 0.25) is 0 Å². The van der Waals surface area contributed by atoms with Gasteiger partial charge in [-0.3, -0.25) is 0 Å². The van der Waals surface area contributed by atoms with Gasteiger partial charge in [-0.25, -0.2) is 0 Å². The van der Waals surface area contributed by atoms with E-state index in [1.165, 1.54) is 27.4 Å². The van der Waals surface area contributed by atoms with Crippen molar-refractivity contribution in [3.05, 3.63) is 66.5 Å². The van der Waals surface area contributed by atoms with Crippen LogP contribution in [0, 0.1) is 0 Å². The Morgan fingerprint density at radius 2 is 1.45 bits per heavy atom. The highest BCUT2D eigenvalue weighted by molar-refractivity contribution is 5.83. The molecule has 2 aromatic carbocycles. The molecule has 0 radical (unpaired) electrons. The van der Waals surface area contributed by atoms with Crippen molar-refractivity contribution < 1.29 is 0 Å². The van der Waals surface area contributed by atoms with E-state index in [1.54, 1.807) is 0 Å². The zero-order chi connectivity index (χ0) is 13.4. The van der Waals surface area contributed by atoms with Crippen LogP contribution in [0.1, 0.15) is 5.56 Å². The number of anilines is 1. The van der Waals surface area contributed by atoms with Crippen molar-refractivity contribution in [2.75, 3.05) is 5.32 Å². The summed E-state index contributed by atoms with van der Waals surface area (Å²) in [5, 5.41) is 5.96. The highest BCUT2D eigenvalue weighted by atomic mass is 14.9. The van der Waals surface area contributed by atoms with E-state index in [4.69, 9.17) is 0 Å². The zero-order valence-corrected chi connectivity index (χ0v) is 11.0. The van der Waals surface area contributed by atoms with Crippen LogP contribution in [-0.4, -0.2) is 9.97 Å². The molecule has 20 heavy (non-hydrogen) atoms. The average Bonchev–Trinajstić information content (AvgIpc) is 3.12. The minimum Gasteiger partial charge on any atom is -0.381 e. The fourth-order valence-corrected chi connectivity index (χ4v) is 2.58. The molecular weight excluding hydrogens is 246 g/mol. The summed E-state index contributed by atoms with van der Waals surface area (Å²) < 4.78 is 0. The summed E-state index contributed by atoms with van der Waals surface area (Å²) in [6.07, 6.45) is 3.94. The van der Waals surface area contributed by atoms with Crippen LogP contribution >= 0.6 is 0 Å². The number of rotatable bonds is 3. The van der Waals surface area contributed by atoms with Gasteiger partial charge in [0.15, 0.2) is 0 Å². The number of benzene rings is 2. The number of H-pyrrole nitrogens is 2. The predicted octanol–water partition coefficient (Wildman–Crippen LogP) is 4.26. The maximum absolute atomic E-state index is 3.48. The summed E-state index contributed by atoms with van der Waals surface area (Å²) in [4.78, 5) is 6.42. The van der Waals surface area contributed by atoms with E-state index in [2.05, 4.69) is 63.8 Å². The third kappa shape index (κ3) is 1.93. The molecule has 0 unspecified atom stereocenters. The van der Waals surface area contributed by atoms with Crippen molar-refractivity contribution >= 4 is 27.5 Å². The van der Waals surface area contributed by atoms with E-state index < -0.39 is 0 Å². The number of hydrogen-bond donors (Lipinski definition) is 3. The van der Waals surface area contributed by atoms with Crippen LogP contribution in [0.2, 0.25) is 0 Å². The van der Waals surface area contributed by atoms with E-state index in [1.807, 2.05) is 12.4 Å². The summed E-state index contributed by atoms with van der Waals surface area (Å²) in [5.41, 5.74) is 4.78. The van der Waals surface area contributed by atoms with Gasteiger partial charge in [-0.2, -0.15) is 0 Å². The Bertz CT molecular complexity index is 796. The topological polar surface area (TPSA) is 43.6 Å². The van der Waals surface area contributed by atoms with E-state index >= 15 is 0 Å². The van der Waals surface area contributed by atoms with Crippen molar-refractivity contribution in [3.8, 4) is 0 Å². The first-order valence-electron chi connectivity index (χ1n) is 6.75. The van der Waals surface area contributed by atoms with Crippen molar-refractivity contribution in [1.29, 1.82) is 0 Å². The van der Waals surface area contributed by atoms with Gasteiger partial charge in [-0.15, -0.1) is 0 Å². The van der Waals surface area contributed by atoms with E-state index in [0.717, 1.165) is 12.2 Å². The minimum atomic E-state index is 0.830. The molecule has 0 aliphatic heterocycles. The van der Waals surface area contributed by atoms with Crippen molar-refractivity contribution in [3.63, 3.8) is 0 Å². The summed E-state index contributed by atoms with van der Waals surface area (Å²) in [6, 6.07) is 17.1. The molecule has 3 heteroatoms. The highest BCUT2D eigenvalue weighted by Crippen LogP contribution is 2.19. The second kappa shape index (κ2) is 4.46. The third-order valence-corrected chi connectivity index (χ3v) is 3.67. The molecule has 98 valence electrons. The standard InChI is InChI=1S/C17H15N3/c1-3-16-13(5-7-18-16)9-12(1)11-20-15-2-4-17-14(10-15)6-8-19-17/h1-10,18-20H,11H2. The van der Waals surface area contributed by atoms with Crippen LogP contribution in [-0.2, 0) is 6.54 Å². The number of aromatic nitrogens is 2. The van der Waals surface area contributed by atoms with Gasteiger partial charge in [-0.05, 0) is 53.4 Å². The fraction of sp³-hybridized carbons (Fsp3) is 0.0588. The monoisotopic (exact) mass is 261 g/mol. The molecule has 0 spiro atoms. The third-order valence-electron chi connectivity index (χ3n) is 3.67. The number of fused-ring (bicyclic) bond motifs is 2.